The molecule has 1 rings (SSSR count). The third-order valence-electron chi connectivity index (χ3n) is 4.25. The van der Waals surface area contributed by atoms with Crippen LogP contribution in [0.5, 0.6) is 0 Å². The van der Waals surface area contributed by atoms with E-state index in [2.05, 4.69) is 20.8 Å². The maximum absolute atomic E-state index is 12.6. The van der Waals surface area contributed by atoms with Crippen LogP contribution in [0.3, 0.4) is 0 Å². The molecule has 1 fully saturated rings. The van der Waals surface area contributed by atoms with Crippen LogP contribution >= 0.6 is 0 Å². The molecule has 0 saturated carbocycles. The fourth-order valence-corrected chi connectivity index (χ4v) is 5.22. The van der Waals surface area contributed by atoms with Crippen LogP contribution in [0, 0.1) is 5.92 Å². The molecule has 1 atom stereocenters. The van der Waals surface area contributed by atoms with Gasteiger partial charge in [0.2, 0.25) is 10.0 Å². The Labute approximate surface area is 113 Å². The van der Waals surface area contributed by atoms with Gasteiger partial charge in [0.25, 0.3) is 0 Å². The predicted molar refractivity (Wildman–Crippen MR) is 77.1 cm³/mol. The molecule has 0 unspecified atom stereocenters. The van der Waals surface area contributed by atoms with Crippen molar-refractivity contribution >= 4 is 10.0 Å². The summed E-state index contributed by atoms with van der Waals surface area (Å²) in [5, 5.41) is 0. The second-order valence-electron chi connectivity index (χ2n) is 5.48. The van der Waals surface area contributed by atoms with Gasteiger partial charge in [-0.25, -0.2) is 8.42 Å². The number of rotatable bonds is 6. The van der Waals surface area contributed by atoms with Gasteiger partial charge in [-0.3, -0.25) is 0 Å². The van der Waals surface area contributed by atoms with E-state index in [1.165, 1.54) is 12.8 Å². The fraction of sp³-hybridized carbons (Fsp3) is 1.00. The highest BCUT2D eigenvalue weighted by atomic mass is 32.2. The van der Waals surface area contributed by atoms with E-state index in [1.54, 1.807) is 0 Å². The third-order valence-corrected chi connectivity index (χ3v) is 6.34. The SMILES string of the molecule is CCC(CC)CS(=O)(=O)N1CCCCC[C@H]1CC. The zero-order valence-corrected chi connectivity index (χ0v) is 13.0. The van der Waals surface area contributed by atoms with Crippen LogP contribution in [0.1, 0.15) is 65.7 Å². The molecule has 1 aliphatic rings. The Hall–Kier alpha value is -0.0900. The van der Waals surface area contributed by atoms with Crippen LogP contribution in [0.25, 0.3) is 0 Å². The summed E-state index contributed by atoms with van der Waals surface area (Å²) in [6.45, 7) is 7.02. The molecule has 3 nitrogen and oxygen atoms in total. The molecule has 0 N–H and O–H groups in total. The molecule has 18 heavy (non-hydrogen) atoms. The lowest BCUT2D eigenvalue weighted by atomic mass is 10.1. The maximum atomic E-state index is 12.6. The lowest BCUT2D eigenvalue weighted by Gasteiger charge is -2.29. The molecule has 4 heteroatoms. The first-order chi connectivity index (χ1) is 8.55. The van der Waals surface area contributed by atoms with Crippen LogP contribution in [0.4, 0.5) is 0 Å². The third kappa shape index (κ3) is 4.23. The van der Waals surface area contributed by atoms with Crippen LogP contribution in [0.2, 0.25) is 0 Å². The molecule has 0 radical (unpaired) electrons. The van der Waals surface area contributed by atoms with Crippen molar-refractivity contribution in [3.63, 3.8) is 0 Å². The summed E-state index contributed by atoms with van der Waals surface area (Å²) in [6, 6.07) is 0.242. The molecule has 0 aromatic carbocycles. The van der Waals surface area contributed by atoms with Crippen molar-refractivity contribution in [1.82, 2.24) is 4.31 Å². The quantitative estimate of drug-likeness (QED) is 0.745. The van der Waals surface area contributed by atoms with Gasteiger partial charge >= 0.3 is 0 Å². The molecule has 0 aliphatic carbocycles. The molecular formula is C14H29NO2S. The standard InChI is InChI=1S/C14H29NO2S/c1-4-13(5-2)12-18(16,17)15-11-9-7-8-10-14(15)6-3/h13-14H,4-12H2,1-3H3/t14-/m1/s1. The van der Waals surface area contributed by atoms with E-state index in [-0.39, 0.29) is 6.04 Å². The van der Waals surface area contributed by atoms with Gasteiger partial charge in [0.05, 0.1) is 5.75 Å². The number of sulfonamides is 1. The van der Waals surface area contributed by atoms with E-state index >= 15 is 0 Å². The van der Waals surface area contributed by atoms with Crippen LogP contribution in [-0.2, 0) is 10.0 Å². The molecular weight excluding hydrogens is 246 g/mol. The summed E-state index contributed by atoms with van der Waals surface area (Å²) in [7, 11) is -3.06. The normalized spacial score (nSPS) is 23.2. The Kier molecular flexibility index (Phi) is 6.64. The first-order valence-electron chi connectivity index (χ1n) is 7.54. The van der Waals surface area contributed by atoms with Gasteiger partial charge in [0.15, 0.2) is 0 Å². The van der Waals surface area contributed by atoms with Gasteiger partial charge in [-0.15, -0.1) is 0 Å². The monoisotopic (exact) mass is 275 g/mol. The van der Waals surface area contributed by atoms with E-state index in [4.69, 9.17) is 0 Å². The molecule has 0 aromatic rings. The van der Waals surface area contributed by atoms with Crippen LogP contribution in [0.15, 0.2) is 0 Å². The summed E-state index contributed by atoms with van der Waals surface area (Å²) >= 11 is 0. The Bertz CT molecular complexity index is 323. The van der Waals surface area contributed by atoms with Crippen molar-refractivity contribution in [3.8, 4) is 0 Å². The largest absolute Gasteiger partial charge is 0.214 e. The van der Waals surface area contributed by atoms with Gasteiger partial charge in [0.1, 0.15) is 0 Å². The predicted octanol–water partition coefficient (Wildman–Crippen LogP) is 3.41. The molecule has 1 heterocycles. The van der Waals surface area contributed by atoms with Gasteiger partial charge < -0.3 is 0 Å². The average molecular weight is 275 g/mol. The van der Waals surface area contributed by atoms with Crippen LogP contribution in [-0.4, -0.2) is 31.1 Å². The van der Waals surface area contributed by atoms with Gasteiger partial charge in [-0.2, -0.15) is 4.31 Å². The van der Waals surface area contributed by atoms with Gasteiger partial charge in [0, 0.05) is 12.6 Å². The minimum atomic E-state index is -3.06. The molecule has 0 spiro atoms. The lowest BCUT2D eigenvalue weighted by Crippen LogP contribution is -2.42. The highest BCUT2D eigenvalue weighted by molar-refractivity contribution is 7.89. The van der Waals surface area contributed by atoms with Crippen molar-refractivity contribution in [2.24, 2.45) is 5.92 Å². The Morgan fingerprint density at radius 2 is 1.78 bits per heavy atom. The van der Waals surface area contributed by atoms with E-state index in [9.17, 15) is 8.42 Å². The van der Waals surface area contributed by atoms with E-state index in [0.717, 1.165) is 38.6 Å². The Balaban J connectivity index is 2.79. The first-order valence-corrected chi connectivity index (χ1v) is 9.15. The van der Waals surface area contributed by atoms with Crippen molar-refractivity contribution in [2.45, 2.75) is 71.8 Å². The Morgan fingerprint density at radius 3 is 2.33 bits per heavy atom. The summed E-state index contributed by atoms with van der Waals surface area (Å²) < 4.78 is 26.9. The highest BCUT2D eigenvalue weighted by Crippen LogP contribution is 2.24. The summed E-state index contributed by atoms with van der Waals surface area (Å²) in [5.74, 6) is 0.659. The molecule has 1 aliphatic heterocycles. The molecule has 108 valence electrons. The fourth-order valence-electron chi connectivity index (χ4n) is 2.84. The minimum Gasteiger partial charge on any atom is -0.212 e. The number of hydrogen-bond acceptors (Lipinski definition) is 2. The van der Waals surface area contributed by atoms with Crippen molar-refractivity contribution < 1.29 is 8.42 Å². The lowest BCUT2D eigenvalue weighted by molar-refractivity contribution is 0.311. The summed E-state index contributed by atoms with van der Waals surface area (Å²) in [5.41, 5.74) is 0. The van der Waals surface area contributed by atoms with E-state index < -0.39 is 10.0 Å². The first kappa shape index (κ1) is 16.0. The smallest absolute Gasteiger partial charge is 0.212 e. The molecule has 0 bridgehead atoms. The molecule has 1 saturated heterocycles. The summed E-state index contributed by atoms with van der Waals surface area (Å²) in [6.07, 6.45) is 7.28. The topological polar surface area (TPSA) is 37.4 Å². The van der Waals surface area contributed by atoms with E-state index in [1.807, 2.05) is 4.31 Å². The van der Waals surface area contributed by atoms with Crippen molar-refractivity contribution in [1.29, 1.82) is 0 Å². The second-order valence-corrected chi connectivity index (χ2v) is 7.45. The van der Waals surface area contributed by atoms with E-state index in [0.29, 0.717) is 11.7 Å². The molecule has 0 aromatic heterocycles. The average Bonchev–Trinajstić information content (AvgIpc) is 2.61. The zero-order chi connectivity index (χ0) is 13.6. The molecule has 0 amide bonds. The highest BCUT2D eigenvalue weighted by Gasteiger charge is 2.31. The Morgan fingerprint density at radius 1 is 1.11 bits per heavy atom. The van der Waals surface area contributed by atoms with Gasteiger partial charge in [-0.1, -0.05) is 46.5 Å². The number of nitrogens with zero attached hydrogens (tertiary/aromatic N) is 1. The van der Waals surface area contributed by atoms with Gasteiger partial charge in [-0.05, 0) is 25.2 Å². The minimum absolute atomic E-state index is 0.242. The summed E-state index contributed by atoms with van der Waals surface area (Å²) in [4.78, 5) is 0. The number of hydrogen-bond donors (Lipinski definition) is 0. The second kappa shape index (κ2) is 7.49. The zero-order valence-electron chi connectivity index (χ0n) is 12.2. The van der Waals surface area contributed by atoms with Crippen LogP contribution < -0.4 is 0 Å². The van der Waals surface area contributed by atoms with Crippen molar-refractivity contribution in [2.75, 3.05) is 12.3 Å². The maximum Gasteiger partial charge on any atom is 0.214 e. The van der Waals surface area contributed by atoms with Crippen molar-refractivity contribution in [3.05, 3.63) is 0 Å².